The average molecular weight is 350 g/mol. The second kappa shape index (κ2) is 8.11. The highest BCUT2D eigenvalue weighted by Crippen LogP contribution is 2.25. The van der Waals surface area contributed by atoms with Crippen molar-refractivity contribution >= 4 is 17.6 Å². The highest BCUT2D eigenvalue weighted by Gasteiger charge is 2.15. The van der Waals surface area contributed by atoms with Crippen LogP contribution in [-0.2, 0) is 13.6 Å². The molecule has 24 heavy (non-hydrogen) atoms. The van der Waals surface area contributed by atoms with Gasteiger partial charge in [-0.05, 0) is 17.7 Å². The molecule has 2 aromatic rings. The van der Waals surface area contributed by atoms with Crippen molar-refractivity contribution in [2.24, 2.45) is 7.05 Å². The second-order valence-corrected chi connectivity index (χ2v) is 6.38. The Morgan fingerprint density at radius 1 is 1.42 bits per heavy atom. The molecule has 1 aromatic heterocycles. The van der Waals surface area contributed by atoms with E-state index in [0.29, 0.717) is 18.1 Å². The standard InChI is InChI=1S/C18H24ClN3O2/c1-13(16-7-5-6-8-17(16)24-4)10-20-18(23)22(3)12-15-9-14(19)11-21(15)2/h5-9,11,13H,10,12H2,1-4H3,(H,20,23)/t13-/m1/s1. The van der Waals surface area contributed by atoms with Gasteiger partial charge in [0.05, 0.1) is 18.7 Å². The van der Waals surface area contributed by atoms with Crippen LogP contribution in [0.2, 0.25) is 5.02 Å². The minimum absolute atomic E-state index is 0.117. The number of urea groups is 1. The van der Waals surface area contributed by atoms with Gasteiger partial charge in [0.1, 0.15) is 5.75 Å². The van der Waals surface area contributed by atoms with Crippen molar-refractivity contribution in [3.05, 3.63) is 52.8 Å². The molecular formula is C18H24ClN3O2. The van der Waals surface area contributed by atoms with Gasteiger partial charge in [-0.1, -0.05) is 36.7 Å². The smallest absolute Gasteiger partial charge is 0.317 e. The minimum atomic E-state index is -0.117. The van der Waals surface area contributed by atoms with Gasteiger partial charge in [-0.2, -0.15) is 0 Å². The number of aryl methyl sites for hydroxylation is 1. The molecule has 2 rings (SSSR count). The van der Waals surface area contributed by atoms with Crippen LogP contribution in [0.25, 0.3) is 0 Å². The lowest BCUT2D eigenvalue weighted by molar-refractivity contribution is 0.205. The Hall–Kier alpha value is -2.14. The van der Waals surface area contributed by atoms with Crippen LogP contribution in [0.1, 0.15) is 24.1 Å². The highest BCUT2D eigenvalue weighted by atomic mass is 35.5. The third kappa shape index (κ3) is 4.45. The van der Waals surface area contributed by atoms with Gasteiger partial charge in [0.15, 0.2) is 0 Å². The summed E-state index contributed by atoms with van der Waals surface area (Å²) in [6, 6.07) is 9.61. The van der Waals surface area contributed by atoms with E-state index in [0.717, 1.165) is 17.0 Å². The number of aromatic nitrogens is 1. The first-order valence-corrected chi connectivity index (χ1v) is 8.22. The Labute approximate surface area is 148 Å². The molecule has 5 nitrogen and oxygen atoms in total. The Morgan fingerprint density at radius 2 is 2.12 bits per heavy atom. The zero-order valence-corrected chi connectivity index (χ0v) is 15.3. The average Bonchev–Trinajstić information content (AvgIpc) is 2.89. The summed E-state index contributed by atoms with van der Waals surface area (Å²) in [5, 5.41) is 3.64. The molecule has 1 N–H and O–H groups in total. The van der Waals surface area contributed by atoms with Crippen LogP contribution >= 0.6 is 11.6 Å². The largest absolute Gasteiger partial charge is 0.496 e. The zero-order chi connectivity index (χ0) is 17.7. The molecule has 0 radical (unpaired) electrons. The quantitative estimate of drug-likeness (QED) is 0.865. The summed E-state index contributed by atoms with van der Waals surface area (Å²) < 4.78 is 7.30. The summed E-state index contributed by atoms with van der Waals surface area (Å²) in [6.45, 7) is 3.10. The van der Waals surface area contributed by atoms with E-state index >= 15 is 0 Å². The minimum Gasteiger partial charge on any atom is -0.496 e. The number of benzene rings is 1. The van der Waals surface area contributed by atoms with E-state index in [9.17, 15) is 4.79 Å². The van der Waals surface area contributed by atoms with Crippen molar-refractivity contribution in [2.75, 3.05) is 20.7 Å². The number of carbonyl (C=O) groups excluding carboxylic acids is 1. The van der Waals surface area contributed by atoms with Crippen molar-refractivity contribution in [3.8, 4) is 5.75 Å². The van der Waals surface area contributed by atoms with E-state index in [1.54, 1.807) is 19.1 Å². The number of ether oxygens (including phenoxy) is 1. The summed E-state index contributed by atoms with van der Waals surface area (Å²) >= 11 is 5.98. The van der Waals surface area contributed by atoms with Gasteiger partial charge in [0.2, 0.25) is 0 Å². The van der Waals surface area contributed by atoms with Gasteiger partial charge >= 0.3 is 6.03 Å². The first-order chi connectivity index (χ1) is 11.4. The summed E-state index contributed by atoms with van der Waals surface area (Å²) in [4.78, 5) is 13.9. The fourth-order valence-electron chi connectivity index (χ4n) is 2.60. The van der Waals surface area contributed by atoms with Gasteiger partial charge < -0.3 is 19.5 Å². The fourth-order valence-corrected chi connectivity index (χ4v) is 2.87. The molecule has 0 aliphatic carbocycles. The van der Waals surface area contributed by atoms with Crippen molar-refractivity contribution in [1.29, 1.82) is 0 Å². The molecule has 0 saturated heterocycles. The van der Waals surface area contributed by atoms with Crippen LogP contribution in [0, 0.1) is 0 Å². The number of nitrogens with zero attached hydrogens (tertiary/aromatic N) is 2. The number of carbonyl (C=O) groups is 1. The van der Waals surface area contributed by atoms with Gasteiger partial charge in [-0.3, -0.25) is 0 Å². The van der Waals surface area contributed by atoms with E-state index in [-0.39, 0.29) is 11.9 Å². The molecule has 0 aliphatic heterocycles. The van der Waals surface area contributed by atoms with Gasteiger partial charge in [-0.15, -0.1) is 0 Å². The van der Waals surface area contributed by atoms with Crippen molar-refractivity contribution < 1.29 is 9.53 Å². The number of amides is 2. The van der Waals surface area contributed by atoms with E-state index in [1.165, 1.54) is 0 Å². The Morgan fingerprint density at radius 3 is 2.75 bits per heavy atom. The Balaban J connectivity index is 1.91. The number of methoxy groups -OCH3 is 1. The third-order valence-electron chi connectivity index (χ3n) is 4.05. The number of hydrogen-bond acceptors (Lipinski definition) is 2. The van der Waals surface area contributed by atoms with Gasteiger partial charge in [-0.25, -0.2) is 4.79 Å². The fraction of sp³-hybridized carbons (Fsp3) is 0.389. The predicted molar refractivity (Wildman–Crippen MR) is 96.7 cm³/mol. The van der Waals surface area contributed by atoms with E-state index < -0.39 is 0 Å². The van der Waals surface area contributed by atoms with Crippen LogP contribution in [-0.4, -0.2) is 36.2 Å². The Kier molecular flexibility index (Phi) is 6.15. The topological polar surface area (TPSA) is 46.5 Å². The lowest BCUT2D eigenvalue weighted by Crippen LogP contribution is -2.38. The van der Waals surface area contributed by atoms with E-state index in [1.807, 2.05) is 48.1 Å². The molecule has 0 unspecified atom stereocenters. The maximum Gasteiger partial charge on any atom is 0.317 e. The zero-order valence-electron chi connectivity index (χ0n) is 14.5. The van der Waals surface area contributed by atoms with Crippen LogP contribution in [0.3, 0.4) is 0 Å². The first-order valence-electron chi connectivity index (χ1n) is 7.85. The molecule has 6 heteroatoms. The van der Waals surface area contributed by atoms with Crippen molar-refractivity contribution in [1.82, 2.24) is 14.8 Å². The van der Waals surface area contributed by atoms with Crippen LogP contribution in [0.4, 0.5) is 4.79 Å². The maximum atomic E-state index is 12.3. The summed E-state index contributed by atoms with van der Waals surface area (Å²) in [6.07, 6.45) is 1.83. The highest BCUT2D eigenvalue weighted by molar-refractivity contribution is 6.30. The first kappa shape index (κ1) is 18.2. The number of rotatable bonds is 6. The molecule has 0 spiro atoms. The lowest BCUT2D eigenvalue weighted by atomic mass is 10.0. The van der Waals surface area contributed by atoms with Crippen molar-refractivity contribution in [2.45, 2.75) is 19.4 Å². The van der Waals surface area contributed by atoms with Gasteiger partial charge in [0, 0.05) is 38.4 Å². The molecule has 0 fully saturated rings. The number of halogens is 1. The lowest BCUT2D eigenvalue weighted by Gasteiger charge is -2.21. The van der Waals surface area contributed by atoms with Crippen LogP contribution in [0.5, 0.6) is 5.75 Å². The summed E-state index contributed by atoms with van der Waals surface area (Å²) in [7, 11) is 5.34. The molecular weight excluding hydrogens is 326 g/mol. The van der Waals surface area contributed by atoms with E-state index in [4.69, 9.17) is 16.3 Å². The van der Waals surface area contributed by atoms with Gasteiger partial charge in [0.25, 0.3) is 0 Å². The van der Waals surface area contributed by atoms with Crippen LogP contribution < -0.4 is 10.1 Å². The Bertz CT molecular complexity index is 699. The number of hydrogen-bond donors (Lipinski definition) is 1. The SMILES string of the molecule is COc1ccccc1[C@H](C)CNC(=O)N(C)Cc1cc(Cl)cn1C. The molecule has 1 heterocycles. The second-order valence-electron chi connectivity index (χ2n) is 5.95. The summed E-state index contributed by atoms with van der Waals surface area (Å²) in [5.41, 5.74) is 2.06. The molecule has 0 aliphatic rings. The molecule has 1 atom stereocenters. The predicted octanol–water partition coefficient (Wildman–Crippen LogP) is 3.63. The van der Waals surface area contributed by atoms with Crippen LogP contribution in [0.15, 0.2) is 36.5 Å². The molecule has 0 bridgehead atoms. The normalized spacial score (nSPS) is 11.9. The molecule has 130 valence electrons. The van der Waals surface area contributed by atoms with Crippen molar-refractivity contribution in [3.63, 3.8) is 0 Å². The molecule has 0 saturated carbocycles. The van der Waals surface area contributed by atoms with E-state index in [2.05, 4.69) is 12.2 Å². The number of para-hydroxylation sites is 1. The monoisotopic (exact) mass is 349 g/mol. The third-order valence-corrected chi connectivity index (χ3v) is 4.26. The molecule has 1 aromatic carbocycles. The number of nitrogens with one attached hydrogen (secondary N) is 1. The molecule has 2 amide bonds. The summed E-state index contributed by atoms with van der Waals surface area (Å²) in [5.74, 6) is 0.994. The maximum absolute atomic E-state index is 12.3.